The Morgan fingerprint density at radius 2 is 1.56 bits per heavy atom. The zero-order chi connectivity index (χ0) is 39.7. The number of allylic oxidation sites excluding steroid dienone is 8. The van der Waals surface area contributed by atoms with E-state index in [9.17, 15) is 32.8 Å². The van der Waals surface area contributed by atoms with Gasteiger partial charge in [0.2, 0.25) is 5.69 Å². The number of rotatable bonds is 14. The first-order valence-corrected chi connectivity index (χ1v) is 20.8. The molecule has 0 fully saturated rings. The van der Waals surface area contributed by atoms with Crippen LogP contribution in [0.4, 0.5) is 11.4 Å². The molecule has 3 aliphatic rings. The third-order valence-corrected chi connectivity index (χ3v) is 13.1. The van der Waals surface area contributed by atoms with Gasteiger partial charge in [0, 0.05) is 58.4 Å². The number of carboxylic acid groups (broad SMARTS) is 2. The predicted octanol–water partition coefficient (Wildman–Crippen LogP) is 9.59. The molecule has 2 aliphatic heterocycles. The van der Waals surface area contributed by atoms with Gasteiger partial charge in [-0.15, -0.1) is 0 Å². The lowest BCUT2D eigenvalue weighted by atomic mass is 9.76. The molecule has 0 spiro atoms. The van der Waals surface area contributed by atoms with Crippen molar-refractivity contribution in [2.45, 2.75) is 122 Å². The smallest absolute Gasteiger partial charge is 0.303 e. The topological polar surface area (TPSA) is 135 Å². The first-order valence-electron chi connectivity index (χ1n) is 19.0. The molecule has 2 aromatic carbocycles. The number of aryl methyl sites for hydroxylation is 3. The quantitative estimate of drug-likeness (QED) is 0.128. The van der Waals surface area contributed by atoms with E-state index in [1.54, 1.807) is 6.07 Å². The second kappa shape index (κ2) is 16.0. The number of benzene rings is 2. The van der Waals surface area contributed by atoms with Crippen molar-refractivity contribution in [3.05, 3.63) is 98.3 Å². The van der Waals surface area contributed by atoms with Crippen LogP contribution in [0.25, 0.3) is 0 Å². The van der Waals surface area contributed by atoms with E-state index in [1.807, 2.05) is 26.0 Å². The summed E-state index contributed by atoms with van der Waals surface area (Å²) >= 11 is 7.23. The number of hydrogen-bond donors (Lipinski definition) is 3. The third-order valence-electron chi connectivity index (χ3n) is 11.8. The summed E-state index contributed by atoms with van der Waals surface area (Å²) in [6.07, 6.45) is 13.4. The van der Waals surface area contributed by atoms with Crippen molar-refractivity contribution in [3.63, 3.8) is 0 Å². The number of anilines is 1. The minimum Gasteiger partial charge on any atom is -0.481 e. The number of fused-ring (bicyclic) bond motifs is 2. The van der Waals surface area contributed by atoms with E-state index in [1.165, 1.54) is 22.8 Å². The molecule has 2 aromatic rings. The first-order chi connectivity index (χ1) is 25.4. The summed E-state index contributed by atoms with van der Waals surface area (Å²) in [5.41, 5.74) is 10.3. The summed E-state index contributed by atoms with van der Waals surface area (Å²) in [4.78, 5) is 24.9. The molecule has 290 valence electrons. The van der Waals surface area contributed by atoms with Crippen molar-refractivity contribution in [2.24, 2.45) is 0 Å². The maximum Gasteiger partial charge on any atom is 0.303 e. The van der Waals surface area contributed by atoms with Crippen LogP contribution in [0.1, 0.15) is 113 Å². The molecular formula is C43H54ClN2O7S+. The van der Waals surface area contributed by atoms with Crippen molar-refractivity contribution in [2.75, 3.05) is 18.0 Å². The molecule has 0 bridgehead atoms. The Labute approximate surface area is 325 Å². The van der Waals surface area contributed by atoms with Crippen LogP contribution in [0.15, 0.2) is 75.3 Å². The van der Waals surface area contributed by atoms with E-state index >= 15 is 0 Å². The number of carboxylic acids is 2. The van der Waals surface area contributed by atoms with E-state index in [0.717, 1.165) is 65.2 Å². The molecule has 3 N–H and O–H groups in total. The Hall–Kier alpha value is -3.99. The van der Waals surface area contributed by atoms with Gasteiger partial charge in [-0.05, 0) is 126 Å². The second-order valence-electron chi connectivity index (χ2n) is 15.4. The standard InChI is InChI=1S/C43H53ClN2O7S/c1-8-42(6)33-24-27(3)23-28(4)40(33)45(21-11-15-37(47)48)35(42)19-17-30-13-10-14-31(39(30)44)18-20-36-43(7,9-2)34-26-32(54(51,52)53)25-29(5)41(34)46(36)22-12-16-38(49)50/h17-20,23-26H,8-16,21-22H2,1-7H3,(H2-,47,48,49,50,51,52,53)/p+1. The fourth-order valence-electron chi connectivity index (χ4n) is 8.63. The van der Waals surface area contributed by atoms with Crippen LogP contribution in [0.5, 0.6) is 0 Å². The molecule has 2 unspecified atom stereocenters. The number of aliphatic carboxylic acids is 2. The molecule has 5 rings (SSSR count). The molecule has 0 amide bonds. The minimum absolute atomic E-state index is 0.00716. The Morgan fingerprint density at radius 1 is 0.889 bits per heavy atom. The molecule has 2 heterocycles. The van der Waals surface area contributed by atoms with E-state index in [4.69, 9.17) is 11.6 Å². The van der Waals surface area contributed by atoms with Gasteiger partial charge in [-0.25, -0.2) is 0 Å². The lowest BCUT2D eigenvalue weighted by Gasteiger charge is -2.29. The number of nitrogens with zero attached hydrogens (tertiary/aromatic N) is 2. The maximum absolute atomic E-state index is 12.3. The summed E-state index contributed by atoms with van der Waals surface area (Å²) in [7, 11) is -4.45. The summed E-state index contributed by atoms with van der Waals surface area (Å²) in [5.74, 6) is -1.69. The number of halogens is 1. The molecule has 54 heavy (non-hydrogen) atoms. The highest BCUT2D eigenvalue weighted by molar-refractivity contribution is 7.85. The molecule has 11 heteroatoms. The van der Waals surface area contributed by atoms with Crippen LogP contribution in [0.2, 0.25) is 0 Å². The predicted molar refractivity (Wildman–Crippen MR) is 215 cm³/mol. The first kappa shape index (κ1) is 41.2. The monoisotopic (exact) mass is 777 g/mol. The van der Waals surface area contributed by atoms with Crippen molar-refractivity contribution < 1.29 is 37.3 Å². The molecule has 2 atom stereocenters. The van der Waals surface area contributed by atoms with Gasteiger partial charge in [0.1, 0.15) is 6.54 Å². The van der Waals surface area contributed by atoms with Crippen molar-refractivity contribution in [1.29, 1.82) is 0 Å². The van der Waals surface area contributed by atoms with Gasteiger partial charge in [0.25, 0.3) is 10.1 Å². The average molecular weight is 778 g/mol. The lowest BCUT2D eigenvalue weighted by Crippen LogP contribution is -2.30. The van der Waals surface area contributed by atoms with Gasteiger partial charge in [-0.1, -0.05) is 43.2 Å². The minimum atomic E-state index is -4.45. The lowest BCUT2D eigenvalue weighted by molar-refractivity contribution is -0.438. The van der Waals surface area contributed by atoms with Gasteiger partial charge in [0.15, 0.2) is 5.71 Å². The summed E-state index contributed by atoms with van der Waals surface area (Å²) in [6, 6.07) is 7.47. The van der Waals surface area contributed by atoms with Crippen LogP contribution in [-0.4, -0.2) is 58.5 Å². The molecule has 0 aromatic heterocycles. The van der Waals surface area contributed by atoms with Crippen molar-refractivity contribution in [1.82, 2.24) is 0 Å². The molecule has 1 aliphatic carbocycles. The van der Waals surface area contributed by atoms with Crippen molar-refractivity contribution in [3.8, 4) is 0 Å². The van der Waals surface area contributed by atoms with Gasteiger partial charge in [-0.2, -0.15) is 13.0 Å². The molecule has 9 nitrogen and oxygen atoms in total. The van der Waals surface area contributed by atoms with Gasteiger partial charge >= 0.3 is 11.9 Å². The van der Waals surface area contributed by atoms with E-state index in [0.29, 0.717) is 42.9 Å². The van der Waals surface area contributed by atoms with Gasteiger partial charge in [-0.3, -0.25) is 14.1 Å². The van der Waals surface area contributed by atoms with Crippen LogP contribution in [0.3, 0.4) is 0 Å². The SMILES string of the molecule is CCC1(C)C(/C=C/C2=C(Cl)C(=C/C=C3/N(CCCC(=O)O)c4c(C)cc(S(=O)(=O)O)cc4C3(C)CC)/CCC2)=[N+](CCCC(=O)O)c2c(C)cc(C)cc21. The Morgan fingerprint density at radius 3 is 2.19 bits per heavy atom. The van der Waals surface area contributed by atoms with Crippen LogP contribution >= 0.6 is 11.6 Å². The summed E-state index contributed by atoms with van der Waals surface area (Å²) in [6.45, 7) is 15.6. The highest BCUT2D eigenvalue weighted by Crippen LogP contribution is 2.52. The van der Waals surface area contributed by atoms with Crippen LogP contribution in [-0.2, 0) is 30.5 Å². The van der Waals surface area contributed by atoms with Gasteiger partial charge in [0.05, 0.1) is 16.7 Å². The molecule has 0 saturated carbocycles. The zero-order valence-corrected chi connectivity index (χ0v) is 34.1. The van der Waals surface area contributed by atoms with E-state index in [2.05, 4.69) is 68.4 Å². The Bertz CT molecular complexity index is 2150. The highest BCUT2D eigenvalue weighted by atomic mass is 35.5. The van der Waals surface area contributed by atoms with E-state index in [-0.39, 0.29) is 23.2 Å². The Kier molecular flexibility index (Phi) is 12.2. The molecule has 0 saturated heterocycles. The normalized spacial score (nSPS) is 22.9. The zero-order valence-electron chi connectivity index (χ0n) is 32.6. The fraction of sp³-hybridized carbons (Fsp3) is 0.465. The Balaban J connectivity index is 1.58. The molecular weight excluding hydrogens is 724 g/mol. The summed E-state index contributed by atoms with van der Waals surface area (Å²) in [5, 5.41) is 19.5. The van der Waals surface area contributed by atoms with E-state index < -0.39 is 27.5 Å². The van der Waals surface area contributed by atoms with Crippen LogP contribution in [0, 0.1) is 20.8 Å². The van der Waals surface area contributed by atoms with Crippen molar-refractivity contribution >= 4 is 50.7 Å². The fourth-order valence-corrected chi connectivity index (χ4v) is 9.53. The summed E-state index contributed by atoms with van der Waals surface area (Å²) < 4.78 is 36.8. The largest absolute Gasteiger partial charge is 0.481 e. The number of carbonyl (C=O) groups is 2. The molecule has 0 radical (unpaired) electrons. The van der Waals surface area contributed by atoms with Gasteiger partial charge < -0.3 is 15.1 Å². The van der Waals surface area contributed by atoms with Crippen LogP contribution < -0.4 is 4.90 Å². The second-order valence-corrected chi connectivity index (χ2v) is 17.2. The highest BCUT2D eigenvalue weighted by Gasteiger charge is 2.48. The third kappa shape index (κ3) is 7.88. The number of hydrogen-bond acceptors (Lipinski definition) is 5. The maximum atomic E-state index is 12.3. The average Bonchev–Trinajstić information content (AvgIpc) is 3.48.